The Morgan fingerprint density at radius 3 is 2.36 bits per heavy atom. The molecule has 0 aromatic heterocycles. The molecule has 0 unspecified atom stereocenters. The summed E-state index contributed by atoms with van der Waals surface area (Å²) < 4.78 is 34.3. The second-order valence-corrected chi connectivity index (χ2v) is 15.2. The van der Waals surface area contributed by atoms with Crippen LogP contribution in [0.5, 0.6) is 0 Å². The van der Waals surface area contributed by atoms with Gasteiger partial charge in [0.25, 0.3) is 0 Å². The van der Waals surface area contributed by atoms with Crippen LogP contribution in [-0.4, -0.2) is 20.0 Å². The van der Waals surface area contributed by atoms with Gasteiger partial charge in [-0.3, -0.25) is 0 Å². The van der Waals surface area contributed by atoms with Crippen LogP contribution in [0.3, 0.4) is 0 Å². The van der Waals surface area contributed by atoms with Gasteiger partial charge in [-0.15, -0.1) is 6.58 Å². The van der Waals surface area contributed by atoms with E-state index in [1.165, 1.54) is 6.07 Å². The summed E-state index contributed by atoms with van der Waals surface area (Å²) in [6.07, 6.45) is 3.97. The molecule has 0 radical (unpaired) electrons. The van der Waals surface area contributed by atoms with Crippen molar-refractivity contribution in [2.75, 3.05) is 0 Å². The van der Waals surface area contributed by atoms with E-state index < -0.39 is 31.1 Å². The summed E-state index contributed by atoms with van der Waals surface area (Å²) in [5.41, 5.74) is -0.401. The summed E-state index contributed by atoms with van der Waals surface area (Å²) in [4.78, 5) is 0. The van der Waals surface area contributed by atoms with Gasteiger partial charge in [0.2, 0.25) is 0 Å². The molecule has 1 heterocycles. The highest BCUT2D eigenvalue weighted by molar-refractivity contribution is 6.74. The Morgan fingerprint density at radius 2 is 1.82 bits per heavy atom. The van der Waals surface area contributed by atoms with Crippen molar-refractivity contribution >= 4 is 19.9 Å². The third kappa shape index (κ3) is 4.53. The fraction of sp³-hybridized carbons (Fsp3) is 0.636. The maximum Gasteiger partial charge on any atom is 0.192 e. The Hall–Kier alpha value is -0.753. The van der Waals surface area contributed by atoms with Crippen molar-refractivity contribution in [2.24, 2.45) is 0 Å². The van der Waals surface area contributed by atoms with Crippen molar-refractivity contribution in [1.29, 1.82) is 0 Å². The number of hydrogen-bond donors (Lipinski definition) is 1. The quantitative estimate of drug-likeness (QED) is 0.300. The molecule has 6 heteroatoms. The van der Waals surface area contributed by atoms with Crippen molar-refractivity contribution in [1.82, 2.24) is 5.32 Å². The van der Waals surface area contributed by atoms with E-state index in [-0.39, 0.29) is 16.1 Å². The summed E-state index contributed by atoms with van der Waals surface area (Å²) in [7, 11) is -1.98. The van der Waals surface area contributed by atoms with Crippen LogP contribution in [-0.2, 0) is 9.96 Å². The first kappa shape index (κ1) is 23.5. The van der Waals surface area contributed by atoms with Crippen molar-refractivity contribution < 1.29 is 13.2 Å². The Bertz CT molecular complexity index is 745. The van der Waals surface area contributed by atoms with Crippen LogP contribution in [0.15, 0.2) is 24.8 Å². The SMILES string of the molecule is C=CC[C@@]1(c2cc(F)c(F)cc2Cl)CC[C@H](C(C)(C)O[Si](C)(C)C(C)(C)C)N1. The van der Waals surface area contributed by atoms with Crippen molar-refractivity contribution in [3.05, 3.63) is 47.0 Å². The summed E-state index contributed by atoms with van der Waals surface area (Å²) >= 11 is 6.33. The number of benzene rings is 1. The first-order chi connectivity index (χ1) is 12.7. The standard InChI is InChI=1S/C22H34ClF2NOSi/c1-9-11-22(15-13-17(24)18(25)14-16(15)23)12-10-19(26-22)21(5,6)27-28(7,8)20(2,3)4/h9,13-14,19,26H,1,10-12H2,2-8H3/t19-,22+/m1/s1. The van der Waals surface area contributed by atoms with Crippen LogP contribution in [0.2, 0.25) is 23.2 Å². The van der Waals surface area contributed by atoms with Crippen LogP contribution >= 0.6 is 11.6 Å². The molecule has 1 saturated heterocycles. The summed E-state index contributed by atoms with van der Waals surface area (Å²) in [6, 6.07) is 2.34. The molecule has 0 bridgehead atoms. The molecule has 1 aliphatic heterocycles. The zero-order valence-electron chi connectivity index (χ0n) is 18.2. The van der Waals surface area contributed by atoms with Gasteiger partial charge in [0.1, 0.15) is 0 Å². The molecule has 0 aliphatic carbocycles. The Labute approximate surface area is 174 Å². The van der Waals surface area contributed by atoms with E-state index in [0.717, 1.165) is 18.9 Å². The van der Waals surface area contributed by atoms with Gasteiger partial charge in [0.15, 0.2) is 20.0 Å². The molecule has 0 saturated carbocycles. The van der Waals surface area contributed by atoms with Crippen molar-refractivity contribution in [2.45, 2.75) is 89.2 Å². The molecule has 1 aromatic rings. The van der Waals surface area contributed by atoms with E-state index >= 15 is 0 Å². The summed E-state index contributed by atoms with van der Waals surface area (Å²) in [6.45, 7) is 19.2. The van der Waals surface area contributed by atoms with E-state index in [1.807, 2.05) is 0 Å². The Morgan fingerprint density at radius 1 is 1.25 bits per heavy atom. The second kappa shape index (κ2) is 7.82. The maximum absolute atomic E-state index is 14.0. The van der Waals surface area contributed by atoms with Gasteiger partial charge in [-0.05, 0) is 68.9 Å². The van der Waals surface area contributed by atoms with Crippen molar-refractivity contribution in [3.8, 4) is 0 Å². The molecule has 2 rings (SSSR count). The van der Waals surface area contributed by atoms with Crippen LogP contribution < -0.4 is 5.32 Å². The number of nitrogens with one attached hydrogen (secondary N) is 1. The van der Waals surface area contributed by atoms with Gasteiger partial charge in [-0.1, -0.05) is 38.4 Å². The van der Waals surface area contributed by atoms with E-state index in [2.05, 4.69) is 59.6 Å². The van der Waals surface area contributed by atoms with E-state index in [0.29, 0.717) is 12.0 Å². The van der Waals surface area contributed by atoms with Crippen LogP contribution in [0.25, 0.3) is 0 Å². The topological polar surface area (TPSA) is 21.3 Å². The minimum absolute atomic E-state index is 0.0609. The molecule has 0 amide bonds. The predicted molar refractivity (Wildman–Crippen MR) is 116 cm³/mol. The third-order valence-corrected chi connectivity index (χ3v) is 11.5. The van der Waals surface area contributed by atoms with Gasteiger partial charge in [0, 0.05) is 16.6 Å². The molecule has 1 aromatic carbocycles. The lowest BCUT2D eigenvalue weighted by Gasteiger charge is -2.46. The highest BCUT2D eigenvalue weighted by atomic mass is 35.5. The average molecular weight is 430 g/mol. The van der Waals surface area contributed by atoms with E-state index in [1.54, 1.807) is 6.08 Å². The minimum atomic E-state index is -1.98. The molecule has 2 atom stereocenters. The summed E-state index contributed by atoms with van der Waals surface area (Å²) in [5, 5.41) is 4.01. The second-order valence-electron chi connectivity index (χ2n) is 10.0. The predicted octanol–water partition coefficient (Wildman–Crippen LogP) is 6.94. The maximum atomic E-state index is 14.0. The number of halogens is 3. The van der Waals surface area contributed by atoms with Gasteiger partial charge in [-0.25, -0.2) is 8.78 Å². The lowest BCUT2D eigenvalue weighted by molar-refractivity contribution is 0.0511. The molecule has 28 heavy (non-hydrogen) atoms. The van der Waals surface area contributed by atoms with E-state index in [4.69, 9.17) is 16.0 Å². The van der Waals surface area contributed by atoms with E-state index in [9.17, 15) is 8.78 Å². The fourth-order valence-corrected chi connectivity index (χ4v) is 5.99. The zero-order chi connectivity index (χ0) is 21.5. The molecule has 0 spiro atoms. The largest absolute Gasteiger partial charge is 0.410 e. The monoisotopic (exact) mass is 429 g/mol. The zero-order valence-corrected chi connectivity index (χ0v) is 19.9. The Balaban J connectivity index is 2.36. The normalized spacial score (nSPS) is 23.9. The van der Waals surface area contributed by atoms with Gasteiger partial charge >= 0.3 is 0 Å². The van der Waals surface area contributed by atoms with Gasteiger partial charge < -0.3 is 9.74 Å². The molecule has 1 fully saturated rings. The Kier molecular flexibility index (Phi) is 6.57. The van der Waals surface area contributed by atoms with Crippen LogP contribution in [0, 0.1) is 11.6 Å². The summed E-state index contributed by atoms with van der Waals surface area (Å²) in [5.74, 6) is -1.82. The molecule has 158 valence electrons. The van der Waals surface area contributed by atoms with Crippen molar-refractivity contribution in [3.63, 3.8) is 0 Å². The lowest BCUT2D eigenvalue weighted by atomic mass is 9.85. The smallest absolute Gasteiger partial charge is 0.192 e. The highest BCUT2D eigenvalue weighted by Crippen LogP contribution is 2.46. The third-order valence-electron chi connectivity index (χ3n) is 6.49. The molecular weight excluding hydrogens is 396 g/mol. The first-order valence-corrected chi connectivity index (χ1v) is 13.2. The average Bonchev–Trinajstić information content (AvgIpc) is 2.95. The molecule has 1 aliphatic rings. The molecule has 1 N–H and O–H groups in total. The molecular formula is C22H34ClF2NOSi. The highest BCUT2D eigenvalue weighted by Gasteiger charge is 2.49. The van der Waals surface area contributed by atoms with Crippen LogP contribution in [0.1, 0.15) is 59.4 Å². The lowest BCUT2D eigenvalue weighted by Crippen LogP contribution is -2.56. The van der Waals surface area contributed by atoms with Gasteiger partial charge in [-0.2, -0.15) is 0 Å². The minimum Gasteiger partial charge on any atom is -0.410 e. The fourth-order valence-electron chi connectivity index (χ4n) is 3.89. The van der Waals surface area contributed by atoms with Crippen LogP contribution in [0.4, 0.5) is 8.78 Å². The first-order valence-electron chi connectivity index (χ1n) is 9.89. The molecule has 2 nitrogen and oxygen atoms in total. The number of hydrogen-bond acceptors (Lipinski definition) is 2. The number of rotatable bonds is 6. The van der Waals surface area contributed by atoms with Gasteiger partial charge in [0.05, 0.1) is 5.60 Å².